The van der Waals surface area contributed by atoms with Gasteiger partial charge < -0.3 is 10.8 Å². The lowest BCUT2D eigenvalue weighted by atomic mass is 10.1. The Bertz CT molecular complexity index is 492. The van der Waals surface area contributed by atoms with Gasteiger partial charge in [-0.2, -0.15) is 0 Å². The minimum Gasteiger partial charge on any atom is -0.480 e. The van der Waals surface area contributed by atoms with Gasteiger partial charge in [0.25, 0.3) is 0 Å². The average molecular weight is 390 g/mol. The van der Waals surface area contributed by atoms with Gasteiger partial charge in [-0.3, -0.25) is 12.7 Å². The van der Waals surface area contributed by atoms with Crippen molar-refractivity contribution in [3.8, 4) is 0 Å². The predicted octanol–water partition coefficient (Wildman–Crippen LogP) is 1.13. The number of benzene rings is 1. The number of carbonyl (C=O) groups excluding carboxylic acids is 2. The fourth-order valence-corrected chi connectivity index (χ4v) is 2.32. The van der Waals surface area contributed by atoms with E-state index in [9.17, 15) is 14.4 Å². The topological polar surface area (TPSA) is 101 Å². The summed E-state index contributed by atoms with van der Waals surface area (Å²) >= 11 is 1.67. The lowest BCUT2D eigenvalue weighted by Gasteiger charge is -2.22. The number of primary amides is 1. The van der Waals surface area contributed by atoms with Crippen molar-refractivity contribution in [2.45, 2.75) is 25.3 Å². The molecule has 108 valence electrons. The van der Waals surface area contributed by atoms with E-state index in [1.807, 2.05) is 18.2 Å². The van der Waals surface area contributed by atoms with E-state index >= 15 is 0 Å². The molecule has 0 aliphatic heterocycles. The molecule has 2 amide bonds. The first-order chi connectivity index (χ1) is 9.41. The Kier molecular flexibility index (Phi) is 6.43. The summed E-state index contributed by atoms with van der Waals surface area (Å²) in [5.74, 6) is -2.06. The van der Waals surface area contributed by atoms with Crippen LogP contribution >= 0.6 is 22.9 Å². The highest BCUT2D eigenvalue weighted by Crippen LogP contribution is 2.15. The van der Waals surface area contributed by atoms with E-state index in [-0.39, 0.29) is 25.2 Å². The van der Waals surface area contributed by atoms with Crippen LogP contribution in [-0.4, -0.2) is 32.0 Å². The minimum absolute atomic E-state index is 0.00807. The van der Waals surface area contributed by atoms with Crippen LogP contribution in [0, 0.1) is 0 Å². The molecule has 6 nitrogen and oxygen atoms in total. The molecular formula is C13H15IN2O4. The molecule has 1 atom stereocenters. The van der Waals surface area contributed by atoms with Crippen molar-refractivity contribution in [2.24, 2.45) is 5.73 Å². The second-order valence-electron chi connectivity index (χ2n) is 4.23. The van der Waals surface area contributed by atoms with Crippen LogP contribution in [0.3, 0.4) is 0 Å². The Hall–Kier alpha value is -1.64. The van der Waals surface area contributed by atoms with E-state index in [0.29, 0.717) is 0 Å². The zero-order chi connectivity index (χ0) is 15.1. The molecule has 0 radical (unpaired) electrons. The number of carboxylic acids is 1. The first-order valence-corrected chi connectivity index (χ1v) is 6.91. The van der Waals surface area contributed by atoms with Crippen LogP contribution in [0.1, 0.15) is 18.4 Å². The maximum absolute atomic E-state index is 12.0. The number of aliphatic carboxylic acids is 1. The Labute approximate surface area is 130 Å². The molecule has 0 aliphatic carbocycles. The van der Waals surface area contributed by atoms with Crippen LogP contribution in [0.25, 0.3) is 0 Å². The van der Waals surface area contributed by atoms with E-state index < -0.39 is 17.9 Å². The largest absolute Gasteiger partial charge is 0.480 e. The number of carboxylic acid groups (broad SMARTS) is 1. The van der Waals surface area contributed by atoms with Crippen molar-refractivity contribution in [2.75, 3.05) is 0 Å². The second-order valence-corrected chi connectivity index (χ2v) is 5.27. The van der Waals surface area contributed by atoms with Gasteiger partial charge in [-0.15, -0.1) is 0 Å². The number of nitrogens with zero attached hydrogens (tertiary/aromatic N) is 1. The summed E-state index contributed by atoms with van der Waals surface area (Å²) in [5, 5.41) is 9.12. The van der Waals surface area contributed by atoms with E-state index in [1.165, 1.54) is 0 Å². The quantitative estimate of drug-likeness (QED) is 0.538. The number of carbonyl (C=O) groups is 3. The highest BCUT2D eigenvalue weighted by atomic mass is 127. The van der Waals surface area contributed by atoms with Crippen LogP contribution in [0.15, 0.2) is 30.3 Å². The molecule has 0 aliphatic rings. The molecule has 0 spiro atoms. The third-order valence-corrected chi connectivity index (χ3v) is 3.87. The van der Waals surface area contributed by atoms with Gasteiger partial charge in [0.2, 0.25) is 11.8 Å². The number of amides is 2. The zero-order valence-corrected chi connectivity index (χ0v) is 12.8. The molecule has 3 N–H and O–H groups in total. The fourth-order valence-electron chi connectivity index (χ4n) is 1.63. The number of nitrogens with two attached hydrogens (primary N) is 1. The molecule has 0 saturated carbocycles. The molecule has 0 heterocycles. The summed E-state index contributed by atoms with van der Waals surface area (Å²) in [6, 6.07) is 7.98. The third kappa shape index (κ3) is 5.16. The van der Waals surface area contributed by atoms with Gasteiger partial charge in [0.05, 0.1) is 29.3 Å². The van der Waals surface area contributed by atoms with E-state index in [0.717, 1.165) is 8.68 Å². The summed E-state index contributed by atoms with van der Waals surface area (Å²) in [6.07, 6.45) is 0.0490. The minimum atomic E-state index is -1.15. The summed E-state index contributed by atoms with van der Waals surface area (Å²) in [5.41, 5.74) is 5.81. The number of hydrogen-bond donors (Lipinski definition) is 2. The van der Waals surface area contributed by atoms with Crippen LogP contribution < -0.4 is 5.73 Å². The maximum atomic E-state index is 12.0. The molecule has 1 aromatic rings. The molecule has 0 fully saturated rings. The van der Waals surface area contributed by atoms with Crippen molar-refractivity contribution in [1.82, 2.24) is 3.11 Å². The summed E-state index contributed by atoms with van der Waals surface area (Å²) in [6.45, 7) is 0. The predicted molar refractivity (Wildman–Crippen MR) is 80.9 cm³/mol. The van der Waals surface area contributed by atoms with Gasteiger partial charge in [-0.05, 0) is 12.0 Å². The summed E-state index contributed by atoms with van der Waals surface area (Å²) in [7, 11) is 0. The standard InChI is InChI=1S/C13H15IN2O4/c14-16(10(13(19)20)6-7-11(15)17)12(18)8-9-4-2-1-3-5-9/h1-5,10H,6-8H2,(H2,15,17)(H,19,20). The average Bonchev–Trinajstić information content (AvgIpc) is 2.39. The van der Waals surface area contributed by atoms with Gasteiger partial charge in [-0.25, -0.2) is 4.79 Å². The van der Waals surface area contributed by atoms with Crippen molar-refractivity contribution >= 4 is 40.6 Å². The molecule has 20 heavy (non-hydrogen) atoms. The van der Waals surface area contributed by atoms with Gasteiger partial charge in [-0.1, -0.05) is 30.3 Å². The summed E-state index contributed by atoms with van der Waals surface area (Å²) < 4.78 is 1.12. The molecule has 1 unspecified atom stereocenters. The lowest BCUT2D eigenvalue weighted by molar-refractivity contribution is -0.145. The highest BCUT2D eigenvalue weighted by molar-refractivity contribution is 14.1. The number of rotatable bonds is 7. The Morgan fingerprint density at radius 3 is 2.35 bits per heavy atom. The van der Waals surface area contributed by atoms with Crippen LogP contribution in [0.5, 0.6) is 0 Å². The Morgan fingerprint density at radius 1 is 1.25 bits per heavy atom. The van der Waals surface area contributed by atoms with Crippen molar-refractivity contribution in [1.29, 1.82) is 0 Å². The maximum Gasteiger partial charge on any atom is 0.327 e. The molecule has 1 rings (SSSR count). The SMILES string of the molecule is NC(=O)CCC(C(=O)O)N(I)C(=O)Cc1ccccc1. The number of halogens is 1. The van der Waals surface area contributed by atoms with Crippen LogP contribution in [-0.2, 0) is 20.8 Å². The molecular weight excluding hydrogens is 375 g/mol. The van der Waals surface area contributed by atoms with Crippen molar-refractivity contribution in [3.05, 3.63) is 35.9 Å². The summed E-state index contributed by atoms with van der Waals surface area (Å²) in [4.78, 5) is 33.9. The van der Waals surface area contributed by atoms with E-state index in [4.69, 9.17) is 10.8 Å². The molecule has 7 heteroatoms. The molecule has 1 aromatic carbocycles. The molecule has 0 aromatic heterocycles. The fraction of sp³-hybridized carbons (Fsp3) is 0.308. The van der Waals surface area contributed by atoms with E-state index in [1.54, 1.807) is 35.0 Å². The normalized spacial score (nSPS) is 11.7. The third-order valence-electron chi connectivity index (χ3n) is 2.66. The monoisotopic (exact) mass is 390 g/mol. The lowest BCUT2D eigenvalue weighted by Crippen LogP contribution is -2.39. The van der Waals surface area contributed by atoms with Crippen LogP contribution in [0.4, 0.5) is 0 Å². The Morgan fingerprint density at radius 2 is 1.85 bits per heavy atom. The second kappa shape index (κ2) is 7.83. The van der Waals surface area contributed by atoms with Gasteiger partial charge >= 0.3 is 5.97 Å². The first kappa shape index (κ1) is 16.4. The Balaban J connectivity index is 2.68. The van der Waals surface area contributed by atoms with Crippen molar-refractivity contribution < 1.29 is 19.5 Å². The molecule has 0 bridgehead atoms. The smallest absolute Gasteiger partial charge is 0.327 e. The van der Waals surface area contributed by atoms with Gasteiger partial charge in [0, 0.05) is 6.42 Å². The molecule has 0 saturated heterocycles. The van der Waals surface area contributed by atoms with Crippen molar-refractivity contribution in [3.63, 3.8) is 0 Å². The zero-order valence-electron chi connectivity index (χ0n) is 10.7. The van der Waals surface area contributed by atoms with Gasteiger partial charge in [0.15, 0.2) is 0 Å². The van der Waals surface area contributed by atoms with Crippen LogP contribution in [0.2, 0.25) is 0 Å². The highest BCUT2D eigenvalue weighted by Gasteiger charge is 2.28. The first-order valence-electron chi connectivity index (χ1n) is 5.94. The number of hydrogen-bond acceptors (Lipinski definition) is 3. The van der Waals surface area contributed by atoms with Gasteiger partial charge in [0.1, 0.15) is 6.04 Å². The van der Waals surface area contributed by atoms with E-state index in [2.05, 4.69) is 0 Å².